The number of rotatable bonds is 7. The number of likely N-dealkylation sites (tertiary alicyclic amines) is 1. The number of methoxy groups -OCH3 is 1. The Balaban J connectivity index is 1.82. The number of carbonyl (C=O) groups is 2. The second kappa shape index (κ2) is 9.84. The van der Waals surface area contributed by atoms with Crippen LogP contribution in [0.1, 0.15) is 25.3 Å². The van der Waals surface area contributed by atoms with Crippen LogP contribution in [-0.4, -0.2) is 50.4 Å². The molecule has 0 spiro atoms. The third-order valence-electron chi connectivity index (χ3n) is 4.07. The van der Waals surface area contributed by atoms with Gasteiger partial charge in [-0.25, -0.2) is 0 Å². The molecule has 6 heteroatoms. The van der Waals surface area contributed by atoms with Crippen molar-refractivity contribution in [1.82, 2.24) is 4.90 Å². The third kappa shape index (κ3) is 5.90. The van der Waals surface area contributed by atoms with Gasteiger partial charge in [-0.1, -0.05) is 12.1 Å². The summed E-state index contributed by atoms with van der Waals surface area (Å²) < 4.78 is 15.2. The average Bonchev–Trinajstić information content (AvgIpc) is 2.65. The van der Waals surface area contributed by atoms with Gasteiger partial charge in [-0.3, -0.25) is 9.59 Å². The highest BCUT2D eigenvalue weighted by Gasteiger charge is 2.27. The highest BCUT2D eigenvalue weighted by atomic mass is 16.7. The van der Waals surface area contributed by atoms with Crippen molar-refractivity contribution in [3.63, 3.8) is 0 Å². The zero-order chi connectivity index (χ0) is 18.1. The van der Waals surface area contributed by atoms with Gasteiger partial charge in [0.15, 0.2) is 6.79 Å². The summed E-state index contributed by atoms with van der Waals surface area (Å²) in [7, 11) is 1.57. The molecule has 0 unspecified atom stereocenters. The first-order valence-electron chi connectivity index (χ1n) is 8.49. The molecule has 1 aromatic rings. The second-order valence-electron chi connectivity index (χ2n) is 5.80. The van der Waals surface area contributed by atoms with E-state index in [2.05, 4.69) is 0 Å². The molecule has 136 valence electrons. The van der Waals surface area contributed by atoms with Gasteiger partial charge in [0, 0.05) is 26.3 Å². The van der Waals surface area contributed by atoms with Crippen LogP contribution >= 0.6 is 0 Å². The zero-order valence-electron chi connectivity index (χ0n) is 14.8. The van der Waals surface area contributed by atoms with E-state index in [1.54, 1.807) is 31.1 Å². The van der Waals surface area contributed by atoms with E-state index in [1.165, 1.54) is 0 Å². The van der Waals surface area contributed by atoms with Crippen LogP contribution in [0.15, 0.2) is 30.3 Å². The maximum absolute atomic E-state index is 12.3. The molecule has 0 N–H and O–H groups in total. The van der Waals surface area contributed by atoms with Crippen molar-refractivity contribution in [2.75, 3.05) is 33.6 Å². The fraction of sp³-hybridized carbons (Fsp3) is 0.474. The molecule has 1 saturated heterocycles. The van der Waals surface area contributed by atoms with Crippen LogP contribution in [0.2, 0.25) is 0 Å². The molecular weight excluding hydrogens is 322 g/mol. The predicted octanol–water partition coefficient (Wildman–Crippen LogP) is 2.48. The molecule has 1 amide bonds. The van der Waals surface area contributed by atoms with Gasteiger partial charge < -0.3 is 19.1 Å². The average molecular weight is 347 g/mol. The second-order valence-corrected chi connectivity index (χ2v) is 5.80. The SMILES string of the molecule is CCOC(=O)C1CCN(C(=O)/C=C/c2ccc(OCOC)cc2)CC1. The highest BCUT2D eigenvalue weighted by molar-refractivity contribution is 5.92. The number of carbonyl (C=O) groups excluding carboxylic acids is 2. The topological polar surface area (TPSA) is 65.1 Å². The monoisotopic (exact) mass is 347 g/mol. The molecule has 0 saturated carbocycles. The lowest BCUT2D eigenvalue weighted by Gasteiger charge is -2.30. The summed E-state index contributed by atoms with van der Waals surface area (Å²) in [5, 5.41) is 0. The van der Waals surface area contributed by atoms with Crippen molar-refractivity contribution in [2.24, 2.45) is 5.92 Å². The molecule has 0 bridgehead atoms. The number of benzene rings is 1. The summed E-state index contributed by atoms with van der Waals surface area (Å²) in [5.41, 5.74) is 0.916. The van der Waals surface area contributed by atoms with Gasteiger partial charge in [-0.15, -0.1) is 0 Å². The van der Waals surface area contributed by atoms with E-state index in [-0.39, 0.29) is 24.6 Å². The summed E-state index contributed by atoms with van der Waals surface area (Å²) in [6.45, 7) is 3.57. The summed E-state index contributed by atoms with van der Waals surface area (Å²) in [6, 6.07) is 7.41. The Labute approximate surface area is 148 Å². The van der Waals surface area contributed by atoms with E-state index in [9.17, 15) is 9.59 Å². The van der Waals surface area contributed by atoms with Crippen molar-refractivity contribution in [1.29, 1.82) is 0 Å². The van der Waals surface area contributed by atoms with E-state index in [1.807, 2.05) is 24.3 Å². The lowest BCUT2D eigenvalue weighted by Crippen LogP contribution is -2.39. The number of piperidine rings is 1. The summed E-state index contributed by atoms with van der Waals surface area (Å²) in [4.78, 5) is 25.8. The van der Waals surface area contributed by atoms with Crippen molar-refractivity contribution in [3.05, 3.63) is 35.9 Å². The molecule has 0 aliphatic carbocycles. The van der Waals surface area contributed by atoms with Crippen LogP contribution < -0.4 is 4.74 Å². The number of esters is 1. The van der Waals surface area contributed by atoms with Crippen LogP contribution in [0.4, 0.5) is 0 Å². The maximum Gasteiger partial charge on any atom is 0.309 e. The lowest BCUT2D eigenvalue weighted by molar-refractivity contribution is -0.150. The number of hydrogen-bond acceptors (Lipinski definition) is 5. The Kier molecular flexibility index (Phi) is 7.47. The first-order valence-corrected chi connectivity index (χ1v) is 8.49. The van der Waals surface area contributed by atoms with Crippen LogP contribution in [0.5, 0.6) is 5.75 Å². The van der Waals surface area contributed by atoms with Gasteiger partial charge in [0.2, 0.25) is 5.91 Å². The smallest absolute Gasteiger partial charge is 0.309 e. The van der Waals surface area contributed by atoms with Gasteiger partial charge in [0.1, 0.15) is 5.75 Å². The third-order valence-corrected chi connectivity index (χ3v) is 4.07. The minimum absolute atomic E-state index is 0.0398. The standard InChI is InChI=1S/C19H25NO5/c1-3-24-19(22)16-10-12-20(13-11-16)18(21)9-6-15-4-7-17(8-5-15)25-14-23-2/h4-9,16H,3,10-14H2,1-2H3/b9-6+. The fourth-order valence-electron chi connectivity index (χ4n) is 2.67. The van der Waals surface area contributed by atoms with Crippen molar-refractivity contribution in [2.45, 2.75) is 19.8 Å². The number of hydrogen-bond donors (Lipinski definition) is 0. The Morgan fingerprint density at radius 2 is 1.88 bits per heavy atom. The quantitative estimate of drug-likeness (QED) is 0.431. The molecular formula is C19H25NO5. The van der Waals surface area contributed by atoms with E-state index in [0.29, 0.717) is 38.3 Å². The van der Waals surface area contributed by atoms with Crippen molar-refractivity contribution < 1.29 is 23.8 Å². The van der Waals surface area contributed by atoms with Gasteiger partial charge in [-0.05, 0) is 43.5 Å². The first-order chi connectivity index (χ1) is 12.1. The molecule has 0 atom stereocenters. The highest BCUT2D eigenvalue weighted by Crippen LogP contribution is 2.19. The van der Waals surface area contributed by atoms with Crippen molar-refractivity contribution >= 4 is 18.0 Å². The molecule has 6 nitrogen and oxygen atoms in total. The van der Waals surface area contributed by atoms with Gasteiger partial charge in [-0.2, -0.15) is 0 Å². The molecule has 1 fully saturated rings. The van der Waals surface area contributed by atoms with Gasteiger partial charge >= 0.3 is 5.97 Å². The normalized spacial score (nSPS) is 15.4. The van der Waals surface area contributed by atoms with Gasteiger partial charge in [0.25, 0.3) is 0 Å². The molecule has 1 aromatic carbocycles. The van der Waals surface area contributed by atoms with E-state index >= 15 is 0 Å². The Morgan fingerprint density at radius 3 is 2.48 bits per heavy atom. The molecule has 2 rings (SSSR count). The lowest BCUT2D eigenvalue weighted by atomic mass is 9.97. The van der Waals surface area contributed by atoms with Crippen LogP contribution in [0.25, 0.3) is 6.08 Å². The first kappa shape index (κ1) is 19.0. The van der Waals surface area contributed by atoms with Crippen LogP contribution in [-0.2, 0) is 19.1 Å². The summed E-state index contributed by atoms with van der Waals surface area (Å²) >= 11 is 0. The summed E-state index contributed by atoms with van der Waals surface area (Å²) in [5.74, 6) is 0.432. The largest absolute Gasteiger partial charge is 0.468 e. The number of amides is 1. The number of nitrogens with zero attached hydrogens (tertiary/aromatic N) is 1. The molecule has 1 aliphatic heterocycles. The Hall–Kier alpha value is -2.34. The summed E-state index contributed by atoms with van der Waals surface area (Å²) in [6.07, 6.45) is 4.66. The van der Waals surface area contributed by atoms with Crippen molar-refractivity contribution in [3.8, 4) is 5.75 Å². The Morgan fingerprint density at radius 1 is 1.20 bits per heavy atom. The molecule has 1 aliphatic rings. The van der Waals surface area contributed by atoms with E-state index in [0.717, 1.165) is 5.56 Å². The van der Waals surface area contributed by atoms with Gasteiger partial charge in [0.05, 0.1) is 12.5 Å². The van der Waals surface area contributed by atoms with E-state index in [4.69, 9.17) is 14.2 Å². The Bertz CT molecular complexity index is 588. The van der Waals surface area contributed by atoms with E-state index < -0.39 is 0 Å². The molecule has 1 heterocycles. The predicted molar refractivity (Wildman–Crippen MR) is 93.9 cm³/mol. The molecule has 0 radical (unpaired) electrons. The maximum atomic E-state index is 12.3. The minimum Gasteiger partial charge on any atom is -0.468 e. The number of ether oxygens (including phenoxy) is 3. The fourth-order valence-corrected chi connectivity index (χ4v) is 2.67. The zero-order valence-corrected chi connectivity index (χ0v) is 14.8. The van der Waals surface area contributed by atoms with Crippen LogP contribution in [0.3, 0.4) is 0 Å². The van der Waals surface area contributed by atoms with Crippen LogP contribution in [0, 0.1) is 5.92 Å². The minimum atomic E-state index is -0.152. The molecule has 25 heavy (non-hydrogen) atoms. The molecule has 0 aromatic heterocycles.